The molecule has 5 rings (SSSR count). The molecule has 2 aromatic carbocycles. The minimum Gasteiger partial charge on any atom is -0.493 e. The third-order valence-electron chi connectivity index (χ3n) is 6.10. The summed E-state index contributed by atoms with van der Waals surface area (Å²) in [4.78, 5) is 12.7. The van der Waals surface area contributed by atoms with Crippen molar-refractivity contribution in [1.29, 1.82) is 0 Å². The van der Waals surface area contributed by atoms with Gasteiger partial charge >= 0.3 is 0 Å². The molecule has 28 heavy (non-hydrogen) atoms. The molecule has 4 heteroatoms. The van der Waals surface area contributed by atoms with E-state index in [1.807, 2.05) is 30.3 Å². The van der Waals surface area contributed by atoms with Crippen LogP contribution in [0.15, 0.2) is 54.9 Å². The van der Waals surface area contributed by atoms with E-state index in [4.69, 9.17) is 4.74 Å². The van der Waals surface area contributed by atoms with Gasteiger partial charge in [-0.2, -0.15) is 0 Å². The van der Waals surface area contributed by atoms with Crippen molar-refractivity contribution in [3.63, 3.8) is 0 Å². The number of nitrogens with zero attached hydrogens (tertiary/aromatic N) is 2. The fourth-order valence-electron chi connectivity index (χ4n) is 4.71. The average molecular weight is 373 g/mol. The van der Waals surface area contributed by atoms with Gasteiger partial charge in [0.2, 0.25) is 5.78 Å². The van der Waals surface area contributed by atoms with Gasteiger partial charge in [0.05, 0.1) is 6.61 Å². The lowest BCUT2D eigenvalue weighted by Gasteiger charge is -2.12. The molecule has 0 radical (unpaired) electrons. The summed E-state index contributed by atoms with van der Waals surface area (Å²) in [6, 6.07) is 14.5. The maximum absolute atomic E-state index is 12.7. The lowest BCUT2D eigenvalue weighted by atomic mass is 10.0. The van der Waals surface area contributed by atoms with E-state index in [1.165, 1.54) is 22.5 Å². The number of aromatic nitrogens is 2. The lowest BCUT2D eigenvalue weighted by molar-refractivity contribution is -0.690. The van der Waals surface area contributed by atoms with E-state index in [9.17, 15) is 4.79 Å². The van der Waals surface area contributed by atoms with Gasteiger partial charge < -0.3 is 4.74 Å². The summed E-state index contributed by atoms with van der Waals surface area (Å²) in [5.74, 6) is 2.41. The highest BCUT2D eigenvalue weighted by atomic mass is 16.5. The lowest BCUT2D eigenvalue weighted by Crippen LogP contribution is -2.41. The van der Waals surface area contributed by atoms with Crippen LogP contribution < -0.4 is 9.30 Å². The number of Topliss-reactive ketones (excluding diaryl/α,β-unsaturated/α-hetero) is 1. The molecule has 1 unspecified atom stereocenters. The van der Waals surface area contributed by atoms with Crippen molar-refractivity contribution in [3.8, 4) is 5.75 Å². The fraction of sp³-hybridized carbons (Fsp3) is 0.333. The number of fused-ring (bicyclic) bond motifs is 2. The van der Waals surface area contributed by atoms with E-state index in [0.29, 0.717) is 12.6 Å². The average Bonchev–Trinajstić information content (AvgIpc) is 3.44. The molecule has 0 spiro atoms. The van der Waals surface area contributed by atoms with Gasteiger partial charge in [-0.15, -0.1) is 0 Å². The van der Waals surface area contributed by atoms with Crippen molar-refractivity contribution in [1.82, 2.24) is 4.57 Å². The zero-order chi connectivity index (χ0) is 19.1. The molecule has 2 aliphatic rings. The number of rotatable bonds is 5. The summed E-state index contributed by atoms with van der Waals surface area (Å²) in [5, 5.41) is 0. The number of carbonyl (C=O) groups is 1. The number of carbonyl (C=O) groups excluding carboxylic acids is 1. The van der Waals surface area contributed by atoms with E-state index >= 15 is 0 Å². The normalized spacial score (nSPS) is 17.2. The Morgan fingerprint density at radius 2 is 2.04 bits per heavy atom. The standard InChI is InChI=1S/C24H25N2O2/c1-2-24-25(16-22(27)17-6-4-3-5-7-17)11-12-26(24)21-9-8-18-14-19-10-13-28-23(19)15-20(18)21/h3-7,11-12,14-15,21H,2,8-10,13,16H2,1H3/q+1. The van der Waals surface area contributed by atoms with Crippen LogP contribution in [0.4, 0.5) is 0 Å². The molecule has 0 amide bonds. The Hall–Kier alpha value is -2.88. The predicted molar refractivity (Wildman–Crippen MR) is 107 cm³/mol. The Morgan fingerprint density at radius 3 is 2.86 bits per heavy atom. The highest BCUT2D eigenvalue weighted by Crippen LogP contribution is 2.40. The molecule has 3 aromatic rings. The van der Waals surface area contributed by atoms with Crippen molar-refractivity contribution in [3.05, 3.63) is 82.9 Å². The van der Waals surface area contributed by atoms with Crippen LogP contribution in [0.2, 0.25) is 0 Å². The van der Waals surface area contributed by atoms with Gasteiger partial charge in [-0.1, -0.05) is 43.3 Å². The summed E-state index contributed by atoms with van der Waals surface area (Å²) in [6.45, 7) is 3.35. The Balaban J connectivity index is 1.46. The molecular weight excluding hydrogens is 348 g/mol. The van der Waals surface area contributed by atoms with E-state index in [-0.39, 0.29) is 5.78 Å². The van der Waals surface area contributed by atoms with Crippen LogP contribution in [-0.2, 0) is 25.8 Å². The first-order valence-electron chi connectivity index (χ1n) is 10.2. The molecule has 0 N–H and O–H groups in total. The Kier molecular flexibility index (Phi) is 4.27. The first kappa shape index (κ1) is 17.2. The van der Waals surface area contributed by atoms with Gasteiger partial charge in [-0.05, 0) is 30.0 Å². The number of ketones is 1. The van der Waals surface area contributed by atoms with E-state index in [1.54, 1.807) is 0 Å². The molecule has 1 aliphatic heterocycles. The summed E-state index contributed by atoms with van der Waals surface area (Å²) >= 11 is 0. The molecule has 1 aliphatic carbocycles. The van der Waals surface area contributed by atoms with Crippen LogP contribution in [0.5, 0.6) is 5.75 Å². The monoisotopic (exact) mass is 373 g/mol. The van der Waals surface area contributed by atoms with Crippen molar-refractivity contribution >= 4 is 5.78 Å². The van der Waals surface area contributed by atoms with Crippen molar-refractivity contribution in [2.45, 2.75) is 45.2 Å². The van der Waals surface area contributed by atoms with E-state index in [0.717, 1.165) is 43.6 Å². The van der Waals surface area contributed by atoms with Gasteiger partial charge in [-0.25, -0.2) is 9.13 Å². The largest absolute Gasteiger partial charge is 0.493 e. The summed E-state index contributed by atoms with van der Waals surface area (Å²) < 4.78 is 10.3. The molecular formula is C24H25N2O2+. The van der Waals surface area contributed by atoms with Crippen LogP contribution in [-0.4, -0.2) is 17.0 Å². The smallest absolute Gasteiger partial charge is 0.257 e. The zero-order valence-corrected chi connectivity index (χ0v) is 16.2. The molecule has 0 saturated heterocycles. The molecule has 4 nitrogen and oxygen atoms in total. The second kappa shape index (κ2) is 6.93. The highest BCUT2D eigenvalue weighted by molar-refractivity contribution is 5.94. The number of benzene rings is 2. The topological polar surface area (TPSA) is 35.1 Å². The molecule has 0 bridgehead atoms. The summed E-state index contributed by atoms with van der Waals surface area (Å²) in [7, 11) is 0. The molecule has 1 atom stereocenters. The number of imidazole rings is 1. The van der Waals surface area contributed by atoms with Crippen molar-refractivity contribution < 1.29 is 14.1 Å². The quantitative estimate of drug-likeness (QED) is 0.505. The Labute approximate surface area is 165 Å². The second-order valence-corrected chi connectivity index (χ2v) is 7.70. The summed E-state index contributed by atoms with van der Waals surface area (Å²) in [6.07, 6.45) is 8.33. The number of aryl methyl sites for hydroxylation is 1. The van der Waals surface area contributed by atoms with Gasteiger partial charge in [0.25, 0.3) is 5.82 Å². The Bertz CT molecular complexity index is 1040. The fourth-order valence-corrected chi connectivity index (χ4v) is 4.71. The molecule has 1 aromatic heterocycles. The molecule has 0 saturated carbocycles. The molecule has 0 fully saturated rings. The van der Waals surface area contributed by atoms with E-state index < -0.39 is 0 Å². The third kappa shape index (κ3) is 2.84. The van der Waals surface area contributed by atoms with Gasteiger partial charge in [0.15, 0.2) is 6.54 Å². The van der Waals surface area contributed by atoms with Gasteiger partial charge in [0.1, 0.15) is 24.2 Å². The molecule has 142 valence electrons. The van der Waals surface area contributed by atoms with Gasteiger partial charge in [-0.3, -0.25) is 4.79 Å². The van der Waals surface area contributed by atoms with Crippen LogP contribution in [0.3, 0.4) is 0 Å². The van der Waals surface area contributed by atoms with Crippen molar-refractivity contribution in [2.75, 3.05) is 6.61 Å². The van der Waals surface area contributed by atoms with Crippen LogP contribution in [0.1, 0.15) is 52.3 Å². The SMILES string of the molecule is CCc1n(C2CCc3cc4c(cc32)OCC4)cc[n+]1CC(=O)c1ccccc1. The molecule has 2 heterocycles. The van der Waals surface area contributed by atoms with Gasteiger partial charge in [0, 0.05) is 24.0 Å². The first-order valence-corrected chi connectivity index (χ1v) is 10.2. The minimum absolute atomic E-state index is 0.149. The number of hydrogen-bond acceptors (Lipinski definition) is 2. The first-order chi connectivity index (χ1) is 13.7. The van der Waals surface area contributed by atoms with E-state index in [2.05, 4.69) is 40.6 Å². The predicted octanol–water partition coefficient (Wildman–Crippen LogP) is 3.69. The second-order valence-electron chi connectivity index (χ2n) is 7.70. The maximum Gasteiger partial charge on any atom is 0.257 e. The number of ether oxygens (including phenoxy) is 1. The minimum atomic E-state index is 0.149. The summed E-state index contributed by atoms with van der Waals surface area (Å²) in [5.41, 5.74) is 4.96. The van der Waals surface area contributed by atoms with Crippen molar-refractivity contribution in [2.24, 2.45) is 0 Å². The van der Waals surface area contributed by atoms with Crippen LogP contribution in [0, 0.1) is 0 Å². The van der Waals surface area contributed by atoms with Crippen LogP contribution >= 0.6 is 0 Å². The maximum atomic E-state index is 12.7. The number of hydrogen-bond donors (Lipinski definition) is 0. The third-order valence-corrected chi connectivity index (χ3v) is 6.10. The Morgan fingerprint density at radius 1 is 1.18 bits per heavy atom. The zero-order valence-electron chi connectivity index (χ0n) is 16.2. The van der Waals surface area contributed by atoms with Crippen LogP contribution in [0.25, 0.3) is 0 Å². The highest BCUT2D eigenvalue weighted by Gasteiger charge is 2.33.